The van der Waals surface area contributed by atoms with Crippen LogP contribution in [0.25, 0.3) is 10.8 Å². The highest BCUT2D eigenvalue weighted by Gasteiger charge is 2.49. The molecular weight excluding hydrogens is 933 g/mol. The van der Waals surface area contributed by atoms with Crippen LogP contribution in [0.15, 0.2) is 115 Å². The molecule has 4 aromatic carbocycles. The second-order valence-corrected chi connectivity index (χ2v) is 22.9. The van der Waals surface area contributed by atoms with E-state index in [2.05, 4.69) is 120 Å². The maximum absolute atomic E-state index is 15.2. The first-order chi connectivity index (χ1) is 36.5. The summed E-state index contributed by atoms with van der Waals surface area (Å²) in [6.07, 6.45) is 15.9. The number of carbonyl (C=O) groups excluding carboxylic acids is 2. The highest BCUT2D eigenvalue weighted by atomic mass is 16.5. The minimum absolute atomic E-state index is 0.00703. The van der Waals surface area contributed by atoms with Gasteiger partial charge in [0.1, 0.15) is 17.4 Å². The average molecular weight is 1010 g/mol. The molecule has 5 aromatic rings. The molecule has 394 valence electrons. The fraction of sp³-hybridized carbons (Fsp3) is 0.477. The van der Waals surface area contributed by atoms with Gasteiger partial charge in [0, 0.05) is 60.9 Å². The first kappa shape index (κ1) is 52.3. The third-order valence-electron chi connectivity index (χ3n) is 17.8. The smallest absolute Gasteiger partial charge is 0.160 e. The molecule has 10 rings (SSSR count). The number of aromatic amines is 1. The van der Waals surface area contributed by atoms with Gasteiger partial charge in [0.05, 0.1) is 31.7 Å². The number of benzene rings is 4. The standard InChI is InChI=1S/C65H78N4O6/c1-4-11-56-50-29-44(28-47-18-21-55(46-12-7-5-8-13-46)57-37-60(73)61(75-3)34-48(57)17-20-53(70)36-59(72)58(47)33-50)26-43-22-25-67-63(31-43)69-52-19-16-45-15-14-42(27-49(45)32-52)30-54(71)40-66-38-41(2)51-35-62(68-39-51)65(64(56)74)23-9-6-10-24-65/h5,7-8,12-16,19,22,27,31-32,34-35,37,39,41,44,47,50,54-56,58,64,66-69,71,73-74H,4,6,9-11,17,20,23-26,28-30,33,36,38,40H2,1-3H3. The Balaban J connectivity index is 1.09. The Hall–Kier alpha value is -6.12. The SMILES string of the molecule is CCCC1C2CC(CC3=CCNC(=C3)Nc3ccc4ccc(cc4c3)CC(O)CNCC(C)c3c[nH]c(c3)C3(CCCCC3)C1O)CC1C#CC(c3ccccc3)c3cc(O)c(OC)cc3CCC(=O)CC(=O)C1C2. The van der Waals surface area contributed by atoms with Crippen LogP contribution in [-0.2, 0) is 27.8 Å². The number of H-pyrrole nitrogens is 1. The fourth-order valence-corrected chi connectivity index (χ4v) is 13.8. The van der Waals surface area contributed by atoms with Crippen LogP contribution in [0.3, 0.4) is 0 Å². The van der Waals surface area contributed by atoms with Crippen LogP contribution in [0.4, 0.5) is 5.69 Å². The predicted molar refractivity (Wildman–Crippen MR) is 299 cm³/mol. The summed E-state index contributed by atoms with van der Waals surface area (Å²) in [6, 6.07) is 28.9. The Morgan fingerprint density at radius 1 is 0.840 bits per heavy atom. The fourth-order valence-electron chi connectivity index (χ4n) is 13.8. The number of phenols is 1. The van der Waals surface area contributed by atoms with Gasteiger partial charge in [-0.25, -0.2) is 0 Å². The second-order valence-electron chi connectivity index (χ2n) is 22.9. The van der Waals surface area contributed by atoms with E-state index in [4.69, 9.17) is 4.74 Å². The number of aromatic hydroxyl groups is 1. The number of aliphatic hydroxyl groups excluding tert-OH is 2. The summed E-state index contributed by atoms with van der Waals surface area (Å²) in [6.45, 7) is 6.29. The van der Waals surface area contributed by atoms with Crippen LogP contribution < -0.4 is 20.7 Å². The minimum atomic E-state index is -0.661. The van der Waals surface area contributed by atoms with E-state index in [0.717, 1.165) is 108 Å². The van der Waals surface area contributed by atoms with Gasteiger partial charge in [-0.1, -0.05) is 112 Å². The van der Waals surface area contributed by atoms with Crippen LogP contribution >= 0.6 is 0 Å². The van der Waals surface area contributed by atoms with E-state index in [1.54, 1.807) is 6.07 Å². The van der Waals surface area contributed by atoms with Crippen molar-refractivity contribution in [1.82, 2.24) is 15.6 Å². The number of fused-ring (bicyclic) bond motifs is 10. The monoisotopic (exact) mass is 1010 g/mol. The highest BCUT2D eigenvalue weighted by molar-refractivity contribution is 6.00. The number of hydrogen-bond donors (Lipinski definition) is 7. The Morgan fingerprint density at radius 3 is 2.48 bits per heavy atom. The number of Topliss-reactive ketones (excluding diaryl/α,β-unsaturated/α-hetero) is 2. The van der Waals surface area contributed by atoms with Crippen molar-refractivity contribution >= 4 is 28.0 Å². The number of allylic oxidation sites excluding steroid dienone is 2. The van der Waals surface area contributed by atoms with Gasteiger partial charge in [0.2, 0.25) is 0 Å². The number of phenolic OH excluding ortho intramolecular Hbond substituents is 1. The second kappa shape index (κ2) is 23.4. The molecule has 9 atom stereocenters. The average Bonchev–Trinajstić information content (AvgIpc) is 3.86. The van der Waals surface area contributed by atoms with E-state index in [1.165, 1.54) is 18.2 Å². The summed E-state index contributed by atoms with van der Waals surface area (Å²) in [5.74, 6) is 7.62. The Morgan fingerprint density at radius 2 is 1.67 bits per heavy atom. The van der Waals surface area contributed by atoms with E-state index in [9.17, 15) is 20.1 Å². The van der Waals surface area contributed by atoms with Crippen LogP contribution in [0.1, 0.15) is 143 Å². The summed E-state index contributed by atoms with van der Waals surface area (Å²) in [5, 5.41) is 49.1. The van der Waals surface area contributed by atoms with Gasteiger partial charge in [-0.15, -0.1) is 0 Å². The number of dihydropyridines is 1. The molecule has 2 fully saturated rings. The zero-order chi connectivity index (χ0) is 52.1. The van der Waals surface area contributed by atoms with Gasteiger partial charge >= 0.3 is 0 Å². The molecule has 2 saturated carbocycles. The zero-order valence-electron chi connectivity index (χ0n) is 44.3. The van der Waals surface area contributed by atoms with Crippen molar-refractivity contribution in [3.63, 3.8) is 0 Å². The molecule has 5 aliphatic rings. The third-order valence-corrected chi connectivity index (χ3v) is 17.8. The van der Waals surface area contributed by atoms with Crippen molar-refractivity contribution in [1.29, 1.82) is 0 Å². The molecule has 1 spiro atoms. The number of aliphatic hydroxyl groups is 2. The van der Waals surface area contributed by atoms with Gasteiger partial charge in [-0.05, 0) is 162 Å². The lowest BCUT2D eigenvalue weighted by atomic mass is 9.61. The number of aromatic nitrogens is 1. The molecule has 75 heavy (non-hydrogen) atoms. The third kappa shape index (κ3) is 11.8. The lowest BCUT2D eigenvalue weighted by molar-refractivity contribution is -0.130. The van der Waals surface area contributed by atoms with Gasteiger partial charge in [0.15, 0.2) is 11.5 Å². The van der Waals surface area contributed by atoms with Crippen molar-refractivity contribution in [2.24, 2.45) is 29.6 Å². The van der Waals surface area contributed by atoms with Gasteiger partial charge in [-0.3, -0.25) is 9.59 Å². The number of ketones is 2. The highest BCUT2D eigenvalue weighted by Crippen LogP contribution is 2.51. The topological polar surface area (TPSA) is 156 Å². The predicted octanol–water partition coefficient (Wildman–Crippen LogP) is 11.3. The van der Waals surface area contributed by atoms with Gasteiger partial charge in [0.25, 0.3) is 0 Å². The van der Waals surface area contributed by atoms with Gasteiger partial charge in [-0.2, -0.15) is 0 Å². The van der Waals surface area contributed by atoms with Gasteiger partial charge < -0.3 is 41.0 Å². The van der Waals surface area contributed by atoms with Crippen LogP contribution in [-0.4, -0.2) is 70.8 Å². The lowest BCUT2D eigenvalue weighted by Crippen LogP contribution is -2.48. The number of hydrogen-bond acceptors (Lipinski definition) is 9. The normalized spacial score (nSPS) is 27.7. The summed E-state index contributed by atoms with van der Waals surface area (Å²) < 4.78 is 5.57. The quantitative estimate of drug-likeness (QED) is 0.0688. The molecule has 3 aliphatic carbocycles. The van der Waals surface area contributed by atoms with Crippen molar-refractivity contribution in [3.05, 3.63) is 148 Å². The van der Waals surface area contributed by atoms with Crippen LogP contribution in [0, 0.1) is 41.4 Å². The summed E-state index contributed by atoms with van der Waals surface area (Å²) >= 11 is 0. The Kier molecular flexibility index (Phi) is 16.3. The molecule has 10 heteroatoms. The number of β-amino-alcohol motifs (C(OH)–C–C–N with tert-alkyl or cyclic N) is 1. The number of aryl methyl sites for hydroxylation is 1. The first-order valence-corrected chi connectivity index (χ1v) is 28.2. The molecule has 2 aliphatic heterocycles. The molecule has 0 amide bonds. The number of anilines is 1. The molecule has 7 N–H and O–H groups in total. The van der Waals surface area contributed by atoms with E-state index in [0.29, 0.717) is 51.1 Å². The molecule has 10 nitrogen and oxygen atoms in total. The lowest BCUT2D eigenvalue weighted by Gasteiger charge is -2.46. The molecule has 1 aromatic heterocycles. The van der Waals surface area contributed by atoms with Crippen molar-refractivity contribution in [2.75, 3.05) is 32.1 Å². The molecule has 9 unspecified atom stereocenters. The van der Waals surface area contributed by atoms with E-state index in [-0.39, 0.29) is 59.7 Å². The number of rotatable bonds is 4. The maximum atomic E-state index is 15.2. The molecule has 9 bridgehead atoms. The number of carbonyl (C=O) groups is 2. The van der Waals surface area contributed by atoms with Crippen molar-refractivity contribution < 1.29 is 29.6 Å². The molecule has 0 saturated heterocycles. The minimum Gasteiger partial charge on any atom is -0.504 e. The number of ether oxygens (including phenoxy) is 1. The number of methoxy groups -OCH3 is 1. The van der Waals surface area contributed by atoms with Crippen LogP contribution in [0.2, 0.25) is 0 Å². The summed E-state index contributed by atoms with van der Waals surface area (Å²) in [4.78, 5) is 33.1. The number of nitrogens with one attached hydrogen (secondary N) is 4. The van der Waals surface area contributed by atoms with E-state index in [1.807, 2.05) is 24.3 Å². The molecular formula is C65H78N4O6. The summed E-state index contributed by atoms with van der Waals surface area (Å²) in [5.41, 5.74) is 7.76. The van der Waals surface area contributed by atoms with Crippen molar-refractivity contribution in [2.45, 2.75) is 140 Å². The summed E-state index contributed by atoms with van der Waals surface area (Å²) in [7, 11) is 1.53. The van der Waals surface area contributed by atoms with Crippen LogP contribution in [0.5, 0.6) is 11.5 Å². The zero-order valence-corrected chi connectivity index (χ0v) is 44.3. The van der Waals surface area contributed by atoms with E-state index < -0.39 is 29.5 Å². The first-order valence-electron chi connectivity index (χ1n) is 28.2. The van der Waals surface area contributed by atoms with E-state index >= 15 is 4.79 Å². The Bertz CT molecular complexity index is 2960. The largest absolute Gasteiger partial charge is 0.504 e. The molecule has 0 radical (unpaired) electrons. The Labute approximate surface area is 444 Å². The molecule has 3 heterocycles. The van der Waals surface area contributed by atoms with Crippen molar-refractivity contribution in [3.8, 4) is 23.3 Å². The maximum Gasteiger partial charge on any atom is 0.160 e.